The molecule has 0 radical (unpaired) electrons. The molecule has 0 unspecified atom stereocenters. The van der Waals surface area contributed by atoms with Crippen LogP contribution in [0.4, 0.5) is 0 Å². The fraction of sp³-hybridized carbons (Fsp3) is 0.571. The van der Waals surface area contributed by atoms with Gasteiger partial charge >= 0.3 is 5.97 Å². The van der Waals surface area contributed by atoms with Gasteiger partial charge in [0.25, 0.3) is 0 Å². The van der Waals surface area contributed by atoms with E-state index in [4.69, 9.17) is 4.84 Å². The third-order valence-electron chi connectivity index (χ3n) is 0.944. The van der Waals surface area contributed by atoms with Crippen molar-refractivity contribution in [1.82, 2.24) is 0 Å². The summed E-state index contributed by atoms with van der Waals surface area (Å²) in [5.41, 5.74) is 0. The minimum absolute atomic E-state index is 0. The summed E-state index contributed by atoms with van der Waals surface area (Å²) in [5.74, 6) is -0.271. The number of quaternary nitrogens is 1. The molecule has 66 valence electrons. The average Bonchev–Trinajstić information content (AvgIpc) is 1.59. The van der Waals surface area contributed by atoms with E-state index in [0.29, 0.717) is 6.54 Å². The molecule has 4 heteroatoms. The lowest BCUT2D eigenvalue weighted by atomic mass is 10.6. The van der Waals surface area contributed by atoms with Crippen molar-refractivity contribution in [3.63, 3.8) is 0 Å². The lowest BCUT2D eigenvalue weighted by Crippen LogP contribution is -3.00. The van der Waals surface area contributed by atoms with Gasteiger partial charge in [-0.2, -0.15) is 0 Å². The van der Waals surface area contributed by atoms with E-state index in [1.54, 1.807) is 20.2 Å². The van der Waals surface area contributed by atoms with Crippen LogP contribution in [0.25, 0.3) is 0 Å². The van der Waals surface area contributed by atoms with E-state index >= 15 is 0 Å². The van der Waals surface area contributed by atoms with Gasteiger partial charge in [-0.1, -0.05) is 6.58 Å². The molecule has 0 amide bonds. The number of rotatable bonds is 3. The Balaban J connectivity index is 0. The highest BCUT2D eigenvalue weighted by atomic mass is 35.5. The maximum absolute atomic E-state index is 10.5. The van der Waals surface area contributed by atoms with Crippen LogP contribution in [0, 0.1) is 0 Å². The number of hydrogen-bond acceptors (Lipinski definition) is 2. The quantitative estimate of drug-likeness (QED) is 0.278. The molecule has 0 bridgehead atoms. The van der Waals surface area contributed by atoms with Crippen LogP contribution in [0.1, 0.15) is 6.92 Å². The minimum Gasteiger partial charge on any atom is -1.00 e. The smallest absolute Gasteiger partial charge is 0.363 e. The first kappa shape index (κ1) is 13.1. The molecule has 0 fully saturated rings. The highest BCUT2D eigenvalue weighted by Gasteiger charge is 2.16. The average molecular weight is 180 g/mol. The van der Waals surface area contributed by atoms with Crippen LogP contribution in [0.3, 0.4) is 0 Å². The number of likely N-dealkylation sites (N-methyl/N-ethyl adjacent to an activating group) is 1. The van der Waals surface area contributed by atoms with Crippen LogP contribution >= 0.6 is 0 Å². The molecular weight excluding hydrogens is 166 g/mol. The zero-order chi connectivity index (χ0) is 8.20. The van der Waals surface area contributed by atoms with E-state index in [-0.39, 0.29) is 23.0 Å². The highest BCUT2D eigenvalue weighted by molar-refractivity contribution is 5.65. The maximum atomic E-state index is 10.5. The van der Waals surface area contributed by atoms with Crippen LogP contribution in [0.2, 0.25) is 0 Å². The number of hydrogen-bond donors (Lipinski definition) is 0. The molecule has 0 aliphatic heterocycles. The van der Waals surface area contributed by atoms with Crippen molar-refractivity contribution in [3.05, 3.63) is 12.7 Å². The molecule has 0 aromatic carbocycles. The second kappa shape index (κ2) is 5.16. The molecule has 0 heterocycles. The number of carbonyl (C=O) groups is 1. The first-order valence-corrected chi connectivity index (χ1v) is 3.12. The molecular formula is C7H14ClNO2. The maximum Gasteiger partial charge on any atom is 0.363 e. The van der Waals surface area contributed by atoms with Crippen LogP contribution in [-0.2, 0) is 9.63 Å². The standard InChI is InChI=1S/C7H14NO2.ClH/c1-5-6-8(3,4)10-7(2)9;/h5H,1,6H2,2-4H3;1H/q+1;/p-1. The van der Waals surface area contributed by atoms with Crippen molar-refractivity contribution in [3.8, 4) is 0 Å². The molecule has 0 spiro atoms. The Morgan fingerprint density at radius 3 is 2.36 bits per heavy atom. The number of halogens is 1. The third-order valence-corrected chi connectivity index (χ3v) is 0.944. The molecule has 0 N–H and O–H groups in total. The molecule has 0 atom stereocenters. The van der Waals surface area contributed by atoms with Gasteiger partial charge in [-0.25, -0.2) is 4.79 Å². The summed E-state index contributed by atoms with van der Waals surface area (Å²) >= 11 is 0. The zero-order valence-electron chi connectivity index (χ0n) is 7.13. The Morgan fingerprint density at radius 1 is 1.64 bits per heavy atom. The lowest BCUT2D eigenvalue weighted by Gasteiger charge is -2.23. The molecule has 0 rings (SSSR count). The van der Waals surface area contributed by atoms with Gasteiger partial charge in [0.1, 0.15) is 20.6 Å². The van der Waals surface area contributed by atoms with Gasteiger partial charge in [-0.3, -0.25) is 4.84 Å². The molecule has 0 aromatic heterocycles. The van der Waals surface area contributed by atoms with Crippen molar-refractivity contribution in [2.45, 2.75) is 6.92 Å². The van der Waals surface area contributed by atoms with Crippen LogP contribution < -0.4 is 12.4 Å². The van der Waals surface area contributed by atoms with Crippen LogP contribution in [-0.4, -0.2) is 31.3 Å². The summed E-state index contributed by atoms with van der Waals surface area (Å²) < 4.78 is 0.207. The summed E-state index contributed by atoms with van der Waals surface area (Å²) in [7, 11) is 3.59. The number of carbonyl (C=O) groups excluding carboxylic acids is 1. The Bertz CT molecular complexity index is 145. The predicted molar refractivity (Wildman–Crippen MR) is 38.9 cm³/mol. The first-order chi connectivity index (χ1) is 4.48. The minimum atomic E-state index is -0.271. The molecule has 0 aromatic rings. The fourth-order valence-corrected chi connectivity index (χ4v) is 0.696. The molecule has 3 nitrogen and oxygen atoms in total. The van der Waals surface area contributed by atoms with Crippen LogP contribution in [0.15, 0.2) is 12.7 Å². The van der Waals surface area contributed by atoms with E-state index in [2.05, 4.69) is 6.58 Å². The molecule has 11 heavy (non-hydrogen) atoms. The van der Waals surface area contributed by atoms with Gasteiger partial charge in [-0.05, 0) is 6.08 Å². The van der Waals surface area contributed by atoms with E-state index < -0.39 is 0 Å². The van der Waals surface area contributed by atoms with Gasteiger partial charge in [0.05, 0.1) is 0 Å². The molecule has 0 saturated heterocycles. The summed E-state index contributed by atoms with van der Waals surface area (Å²) in [6.07, 6.45) is 1.71. The third kappa shape index (κ3) is 7.36. The second-order valence-corrected chi connectivity index (χ2v) is 2.63. The number of hydroxylamine groups is 3. The summed E-state index contributed by atoms with van der Waals surface area (Å²) in [6.45, 7) is 5.56. The largest absolute Gasteiger partial charge is 1.00 e. The van der Waals surface area contributed by atoms with E-state index in [9.17, 15) is 4.79 Å². The summed E-state index contributed by atoms with van der Waals surface area (Å²) in [5, 5.41) is 0. The predicted octanol–water partition coefficient (Wildman–Crippen LogP) is -2.27. The van der Waals surface area contributed by atoms with Gasteiger partial charge in [0, 0.05) is 6.92 Å². The normalized spacial score (nSPS) is 9.73. The Hall–Kier alpha value is -0.540. The van der Waals surface area contributed by atoms with Gasteiger partial charge in [0.15, 0.2) is 0 Å². The van der Waals surface area contributed by atoms with Crippen molar-refractivity contribution < 1.29 is 26.7 Å². The second-order valence-electron chi connectivity index (χ2n) is 2.63. The van der Waals surface area contributed by atoms with Gasteiger partial charge in [-0.15, -0.1) is 4.65 Å². The van der Waals surface area contributed by atoms with Crippen molar-refractivity contribution in [1.29, 1.82) is 0 Å². The monoisotopic (exact) mass is 179 g/mol. The van der Waals surface area contributed by atoms with Gasteiger partial charge in [0.2, 0.25) is 0 Å². The van der Waals surface area contributed by atoms with Gasteiger partial charge < -0.3 is 12.4 Å². The summed E-state index contributed by atoms with van der Waals surface area (Å²) in [4.78, 5) is 15.4. The SMILES string of the molecule is C=CC[N+](C)(C)OC(C)=O.[Cl-]. The summed E-state index contributed by atoms with van der Waals surface area (Å²) in [6, 6.07) is 0. The lowest BCUT2D eigenvalue weighted by molar-refractivity contribution is -1.05. The zero-order valence-corrected chi connectivity index (χ0v) is 7.89. The van der Waals surface area contributed by atoms with Crippen LogP contribution in [0.5, 0.6) is 0 Å². The van der Waals surface area contributed by atoms with E-state index in [1.807, 2.05) is 0 Å². The van der Waals surface area contributed by atoms with Crippen molar-refractivity contribution in [2.24, 2.45) is 0 Å². The van der Waals surface area contributed by atoms with Crippen molar-refractivity contribution in [2.75, 3.05) is 20.6 Å². The Morgan fingerprint density at radius 2 is 2.09 bits per heavy atom. The Labute approximate surface area is 73.6 Å². The molecule has 0 aliphatic carbocycles. The number of nitrogens with zero attached hydrogens (tertiary/aromatic N) is 1. The van der Waals surface area contributed by atoms with E-state index in [1.165, 1.54) is 6.92 Å². The highest BCUT2D eigenvalue weighted by Crippen LogP contribution is 1.98. The molecule has 0 saturated carbocycles. The molecule has 0 aliphatic rings. The van der Waals surface area contributed by atoms with E-state index in [0.717, 1.165) is 0 Å². The fourth-order valence-electron chi connectivity index (χ4n) is 0.696. The Kier molecular flexibility index (Phi) is 6.13. The topological polar surface area (TPSA) is 26.3 Å². The van der Waals surface area contributed by atoms with Crippen molar-refractivity contribution >= 4 is 5.97 Å². The first-order valence-electron chi connectivity index (χ1n) is 3.12.